The van der Waals surface area contributed by atoms with Gasteiger partial charge in [0.1, 0.15) is 5.69 Å². The van der Waals surface area contributed by atoms with Crippen LogP contribution in [0, 0.1) is 13.8 Å². The van der Waals surface area contributed by atoms with E-state index >= 15 is 0 Å². The van der Waals surface area contributed by atoms with Crippen molar-refractivity contribution in [2.45, 2.75) is 32.7 Å². The number of hydrogen-bond donors (Lipinski definition) is 1. The molecule has 3 heterocycles. The molecule has 6 nitrogen and oxygen atoms in total. The number of carbonyl (C=O) groups is 1. The van der Waals surface area contributed by atoms with Crippen LogP contribution in [-0.4, -0.2) is 39.6 Å². The molecule has 136 valence electrons. The fourth-order valence-electron chi connectivity index (χ4n) is 3.55. The summed E-state index contributed by atoms with van der Waals surface area (Å²) in [6, 6.07) is 4.50. The highest BCUT2D eigenvalue weighted by molar-refractivity contribution is 7.22. The van der Waals surface area contributed by atoms with Crippen LogP contribution >= 0.6 is 11.3 Å². The second-order valence-electron chi connectivity index (χ2n) is 7.11. The number of thiazole rings is 1. The molecule has 1 fully saturated rings. The number of piperidine rings is 1. The van der Waals surface area contributed by atoms with Crippen molar-refractivity contribution < 1.29 is 4.79 Å². The summed E-state index contributed by atoms with van der Waals surface area (Å²) in [5, 5.41) is 4.17. The normalized spacial score (nSPS) is 17.7. The molecular formula is C19H23N5OS. The van der Waals surface area contributed by atoms with Crippen molar-refractivity contribution in [1.82, 2.24) is 19.9 Å². The van der Waals surface area contributed by atoms with Gasteiger partial charge in [-0.05, 0) is 43.9 Å². The van der Waals surface area contributed by atoms with Crippen molar-refractivity contribution in [3.8, 4) is 0 Å². The number of rotatable bonds is 3. The van der Waals surface area contributed by atoms with Gasteiger partial charge in [0.15, 0.2) is 5.13 Å². The van der Waals surface area contributed by atoms with Crippen LogP contribution in [0.2, 0.25) is 0 Å². The van der Waals surface area contributed by atoms with Crippen LogP contribution in [-0.2, 0) is 7.05 Å². The fraction of sp³-hybridized carbons (Fsp3) is 0.421. The number of amides is 1. The first-order chi connectivity index (χ1) is 12.5. The largest absolute Gasteiger partial charge is 0.346 e. The molecule has 1 unspecified atom stereocenters. The van der Waals surface area contributed by atoms with Gasteiger partial charge in [0.25, 0.3) is 5.91 Å². The SMILES string of the molecule is Cc1cc(C)c2nc(N3CCCC(NC(=O)c4cn(C)cn4)C3)sc2c1. The number of aromatic nitrogens is 3. The molecule has 2 aromatic heterocycles. The molecule has 0 radical (unpaired) electrons. The zero-order valence-electron chi connectivity index (χ0n) is 15.3. The van der Waals surface area contributed by atoms with E-state index in [-0.39, 0.29) is 11.9 Å². The molecule has 0 saturated carbocycles. The number of benzene rings is 1. The monoisotopic (exact) mass is 369 g/mol. The molecule has 3 aromatic rings. The van der Waals surface area contributed by atoms with Crippen LogP contribution in [0.5, 0.6) is 0 Å². The summed E-state index contributed by atoms with van der Waals surface area (Å²) in [5.74, 6) is -0.104. The van der Waals surface area contributed by atoms with Crippen molar-refractivity contribution in [2.24, 2.45) is 7.05 Å². The first-order valence-corrected chi connectivity index (χ1v) is 9.73. The maximum absolute atomic E-state index is 12.4. The summed E-state index contributed by atoms with van der Waals surface area (Å²) in [6.45, 7) is 6.01. The molecule has 1 aliphatic heterocycles. The third-order valence-corrected chi connectivity index (χ3v) is 5.85. The highest BCUT2D eigenvalue weighted by Gasteiger charge is 2.24. The van der Waals surface area contributed by atoms with Crippen molar-refractivity contribution in [3.05, 3.63) is 41.5 Å². The van der Waals surface area contributed by atoms with Crippen LogP contribution < -0.4 is 10.2 Å². The zero-order chi connectivity index (χ0) is 18.3. The van der Waals surface area contributed by atoms with Gasteiger partial charge in [-0.15, -0.1) is 0 Å². The Hall–Kier alpha value is -2.41. The van der Waals surface area contributed by atoms with Gasteiger partial charge in [-0.1, -0.05) is 17.4 Å². The Bertz CT molecular complexity index is 960. The summed E-state index contributed by atoms with van der Waals surface area (Å²) in [4.78, 5) is 23.7. The Kier molecular flexibility index (Phi) is 4.40. The first-order valence-electron chi connectivity index (χ1n) is 8.91. The summed E-state index contributed by atoms with van der Waals surface area (Å²) < 4.78 is 3.02. The lowest BCUT2D eigenvalue weighted by atomic mass is 10.1. The van der Waals surface area contributed by atoms with E-state index in [2.05, 4.69) is 41.2 Å². The number of nitrogens with one attached hydrogen (secondary N) is 1. The van der Waals surface area contributed by atoms with Gasteiger partial charge < -0.3 is 14.8 Å². The molecule has 1 aliphatic rings. The minimum atomic E-state index is -0.104. The highest BCUT2D eigenvalue weighted by atomic mass is 32.1. The number of anilines is 1. The molecular weight excluding hydrogens is 346 g/mol. The van der Waals surface area contributed by atoms with Gasteiger partial charge in [-0.2, -0.15) is 0 Å². The van der Waals surface area contributed by atoms with Crippen LogP contribution in [0.3, 0.4) is 0 Å². The molecule has 1 aromatic carbocycles. The number of aryl methyl sites for hydroxylation is 3. The number of carbonyl (C=O) groups excluding carboxylic acids is 1. The summed E-state index contributed by atoms with van der Waals surface area (Å²) in [5.41, 5.74) is 4.05. The van der Waals surface area contributed by atoms with Crippen LogP contribution in [0.4, 0.5) is 5.13 Å². The Morgan fingerprint density at radius 3 is 2.96 bits per heavy atom. The van der Waals surface area contributed by atoms with Crippen LogP contribution in [0.15, 0.2) is 24.7 Å². The van der Waals surface area contributed by atoms with Gasteiger partial charge in [0.2, 0.25) is 0 Å². The Balaban J connectivity index is 1.50. The minimum absolute atomic E-state index is 0.104. The average Bonchev–Trinajstić information content (AvgIpc) is 3.21. The topological polar surface area (TPSA) is 63.1 Å². The standard InChI is InChI=1S/C19H23N5OS/c1-12-7-13(2)17-16(8-12)26-19(22-17)24-6-4-5-14(9-24)21-18(25)15-10-23(3)11-20-15/h7-8,10-11,14H,4-6,9H2,1-3H3,(H,21,25). The van der Waals surface area contributed by atoms with Gasteiger partial charge >= 0.3 is 0 Å². The van der Waals surface area contributed by atoms with E-state index in [1.165, 1.54) is 15.8 Å². The Morgan fingerprint density at radius 2 is 2.19 bits per heavy atom. The van der Waals surface area contributed by atoms with Gasteiger partial charge in [-0.3, -0.25) is 4.79 Å². The third-order valence-electron chi connectivity index (χ3n) is 4.78. The fourth-order valence-corrected chi connectivity index (χ4v) is 4.73. The molecule has 4 rings (SSSR count). The predicted molar refractivity (Wildman–Crippen MR) is 105 cm³/mol. The third kappa shape index (κ3) is 3.31. The van der Waals surface area contributed by atoms with E-state index in [0.717, 1.165) is 36.6 Å². The number of fused-ring (bicyclic) bond motifs is 1. The van der Waals surface area contributed by atoms with Gasteiger partial charge in [0.05, 0.1) is 16.5 Å². The van der Waals surface area contributed by atoms with E-state index in [1.807, 2.05) is 7.05 Å². The van der Waals surface area contributed by atoms with Crippen molar-refractivity contribution >= 4 is 32.6 Å². The predicted octanol–water partition coefficient (Wildman–Crippen LogP) is 3.05. The Morgan fingerprint density at radius 1 is 1.35 bits per heavy atom. The zero-order valence-corrected chi connectivity index (χ0v) is 16.1. The van der Waals surface area contributed by atoms with Crippen molar-refractivity contribution in [2.75, 3.05) is 18.0 Å². The molecule has 1 saturated heterocycles. The summed E-state index contributed by atoms with van der Waals surface area (Å²) >= 11 is 1.74. The summed E-state index contributed by atoms with van der Waals surface area (Å²) in [7, 11) is 1.86. The molecule has 1 atom stereocenters. The maximum atomic E-state index is 12.4. The molecule has 1 N–H and O–H groups in total. The van der Waals surface area contributed by atoms with E-state index in [4.69, 9.17) is 4.98 Å². The second-order valence-corrected chi connectivity index (χ2v) is 8.12. The molecule has 7 heteroatoms. The molecule has 0 bridgehead atoms. The van der Waals surface area contributed by atoms with E-state index < -0.39 is 0 Å². The van der Waals surface area contributed by atoms with Crippen molar-refractivity contribution in [1.29, 1.82) is 0 Å². The number of hydrogen-bond acceptors (Lipinski definition) is 5. The smallest absolute Gasteiger partial charge is 0.271 e. The number of nitrogens with zero attached hydrogens (tertiary/aromatic N) is 4. The van der Waals surface area contributed by atoms with Crippen molar-refractivity contribution in [3.63, 3.8) is 0 Å². The first kappa shape index (κ1) is 17.0. The highest BCUT2D eigenvalue weighted by Crippen LogP contribution is 2.32. The second kappa shape index (κ2) is 6.72. The maximum Gasteiger partial charge on any atom is 0.271 e. The minimum Gasteiger partial charge on any atom is -0.346 e. The van der Waals surface area contributed by atoms with Crippen LogP contribution in [0.1, 0.15) is 34.5 Å². The van der Waals surface area contributed by atoms with E-state index in [1.54, 1.807) is 28.4 Å². The van der Waals surface area contributed by atoms with E-state index in [9.17, 15) is 4.79 Å². The quantitative estimate of drug-likeness (QED) is 0.771. The lowest BCUT2D eigenvalue weighted by molar-refractivity contribution is 0.0928. The lowest BCUT2D eigenvalue weighted by Crippen LogP contribution is -2.47. The van der Waals surface area contributed by atoms with E-state index in [0.29, 0.717) is 5.69 Å². The molecule has 1 amide bonds. The molecule has 0 aliphatic carbocycles. The summed E-state index contributed by atoms with van der Waals surface area (Å²) in [6.07, 6.45) is 5.42. The molecule has 26 heavy (non-hydrogen) atoms. The van der Waals surface area contributed by atoms with Gasteiger partial charge in [-0.25, -0.2) is 9.97 Å². The van der Waals surface area contributed by atoms with Gasteiger partial charge in [0, 0.05) is 32.4 Å². The number of imidazole rings is 1. The Labute approximate surface area is 156 Å². The van der Waals surface area contributed by atoms with Crippen LogP contribution in [0.25, 0.3) is 10.2 Å². The molecule has 0 spiro atoms. The lowest BCUT2D eigenvalue weighted by Gasteiger charge is -2.32. The average molecular weight is 369 g/mol.